The Balaban J connectivity index is 2.02. The maximum atomic E-state index is 13.9. The van der Waals surface area contributed by atoms with Crippen LogP contribution in [0.2, 0.25) is 5.02 Å². The van der Waals surface area contributed by atoms with E-state index < -0.39 is 53.9 Å². The number of aromatic nitrogens is 2. The predicted octanol–water partition coefficient (Wildman–Crippen LogP) is 4.83. The van der Waals surface area contributed by atoms with Gasteiger partial charge in [0.1, 0.15) is 12.1 Å². The highest BCUT2D eigenvalue weighted by Gasteiger charge is 2.62. The van der Waals surface area contributed by atoms with Gasteiger partial charge in [0.05, 0.1) is 22.9 Å². The van der Waals surface area contributed by atoms with Crippen LogP contribution >= 0.6 is 11.6 Å². The van der Waals surface area contributed by atoms with Crippen molar-refractivity contribution in [3.05, 3.63) is 46.9 Å². The summed E-state index contributed by atoms with van der Waals surface area (Å²) in [5, 5.41) is 25.3. The van der Waals surface area contributed by atoms with Gasteiger partial charge >= 0.3 is 12.1 Å². The molecule has 1 fully saturated rings. The Morgan fingerprint density at radius 2 is 1.95 bits per heavy atom. The van der Waals surface area contributed by atoms with E-state index in [0.29, 0.717) is 23.1 Å². The molecule has 38 heavy (non-hydrogen) atoms. The van der Waals surface area contributed by atoms with Crippen LogP contribution in [-0.4, -0.2) is 59.1 Å². The lowest BCUT2D eigenvalue weighted by Gasteiger charge is -2.24. The molecule has 3 N–H and O–H groups in total. The summed E-state index contributed by atoms with van der Waals surface area (Å²) in [6.45, 7) is -1.58. The zero-order valence-electron chi connectivity index (χ0n) is 19.3. The van der Waals surface area contributed by atoms with Gasteiger partial charge in [0, 0.05) is 18.8 Å². The van der Waals surface area contributed by atoms with Crippen LogP contribution in [0.1, 0.15) is 23.2 Å². The third-order valence-corrected chi connectivity index (χ3v) is 5.71. The molecule has 1 aromatic carbocycles. The van der Waals surface area contributed by atoms with Crippen LogP contribution in [0.5, 0.6) is 0 Å². The van der Waals surface area contributed by atoms with Crippen LogP contribution in [0.25, 0.3) is 16.9 Å². The molecule has 16 heteroatoms. The van der Waals surface area contributed by atoms with Crippen LogP contribution in [0.3, 0.4) is 0 Å². The Morgan fingerprint density at radius 1 is 1.29 bits per heavy atom. The number of alkyl halides is 7. The second-order valence-corrected chi connectivity index (χ2v) is 8.50. The minimum atomic E-state index is -6.21. The lowest BCUT2D eigenvalue weighted by molar-refractivity contribution is -0.249. The Labute approximate surface area is 215 Å². The molecule has 1 saturated carbocycles. The summed E-state index contributed by atoms with van der Waals surface area (Å²) in [4.78, 5) is 12.6. The van der Waals surface area contributed by atoms with E-state index in [1.807, 2.05) is 6.07 Å². The Morgan fingerprint density at radius 3 is 2.47 bits per heavy atom. The molecule has 0 unspecified atom stereocenters. The highest BCUT2D eigenvalue weighted by Crippen LogP contribution is 2.39. The molecule has 0 atom stereocenters. The summed E-state index contributed by atoms with van der Waals surface area (Å²) in [6, 6.07) is 6.15. The van der Waals surface area contributed by atoms with Crippen LogP contribution in [0, 0.1) is 16.7 Å². The molecule has 0 bridgehead atoms. The lowest BCUT2D eigenvalue weighted by Crippen LogP contribution is -2.45. The molecule has 1 aromatic heterocycles. The van der Waals surface area contributed by atoms with Gasteiger partial charge in [-0.1, -0.05) is 17.7 Å². The number of carbonyl (C=O) groups is 1. The first kappa shape index (κ1) is 28.8. The number of nitrogens with zero attached hydrogens (tertiary/aromatic N) is 3. The van der Waals surface area contributed by atoms with E-state index >= 15 is 0 Å². The lowest BCUT2D eigenvalue weighted by atomic mass is 10.1. The van der Waals surface area contributed by atoms with Crippen LogP contribution < -0.4 is 10.6 Å². The first-order valence-electron chi connectivity index (χ1n) is 10.6. The summed E-state index contributed by atoms with van der Waals surface area (Å²) >= 11 is 6.12. The van der Waals surface area contributed by atoms with E-state index in [4.69, 9.17) is 17.0 Å². The van der Waals surface area contributed by atoms with Crippen molar-refractivity contribution in [1.82, 2.24) is 20.4 Å². The monoisotopic (exact) mass is 566 g/mol. The highest BCUT2D eigenvalue weighted by atomic mass is 35.5. The van der Waals surface area contributed by atoms with E-state index in [9.17, 15) is 40.8 Å². The number of hydrogen-bond donors (Lipinski definition) is 3. The van der Waals surface area contributed by atoms with E-state index in [-0.39, 0.29) is 16.1 Å². The minimum Gasteiger partial charge on any atom is -0.482 e. The van der Waals surface area contributed by atoms with Crippen molar-refractivity contribution < 1.29 is 40.3 Å². The van der Waals surface area contributed by atoms with Gasteiger partial charge < -0.3 is 15.4 Å². The van der Waals surface area contributed by atoms with Crippen LogP contribution in [-0.2, 0) is 4.74 Å². The summed E-state index contributed by atoms with van der Waals surface area (Å²) in [5.74, 6) is -8.64. The molecule has 0 radical (unpaired) electrons. The Hall–Kier alpha value is -3.80. The van der Waals surface area contributed by atoms with Gasteiger partial charge in [0.25, 0.3) is 12.3 Å². The number of nitriles is 1. The molecule has 0 spiro atoms. The van der Waals surface area contributed by atoms with Gasteiger partial charge in [-0.05, 0) is 30.5 Å². The molecular weight excluding hydrogens is 549 g/mol. The fourth-order valence-corrected chi connectivity index (χ4v) is 3.37. The van der Waals surface area contributed by atoms with Crippen molar-refractivity contribution in [3.63, 3.8) is 0 Å². The molecule has 0 saturated heterocycles. The molecule has 0 aliphatic heterocycles. The number of carbonyl (C=O) groups excluding carboxylic acids is 1. The first-order chi connectivity index (χ1) is 17.7. The van der Waals surface area contributed by atoms with Gasteiger partial charge in [0.2, 0.25) is 0 Å². The number of ether oxygens (including phenoxy) is 1. The molecular formula is C22H18ClF7N6O2. The van der Waals surface area contributed by atoms with Gasteiger partial charge in [0.15, 0.2) is 17.3 Å². The molecule has 2 aromatic rings. The summed E-state index contributed by atoms with van der Waals surface area (Å²) in [5.41, 5.74) is -2.90. The zero-order chi connectivity index (χ0) is 28.5. The Kier molecular flexibility index (Phi) is 7.96. The summed E-state index contributed by atoms with van der Waals surface area (Å²) in [7, 11) is 1.06. The molecule has 3 rings (SSSR count). The van der Waals surface area contributed by atoms with Crippen molar-refractivity contribution in [2.45, 2.75) is 36.9 Å². The van der Waals surface area contributed by atoms with Crippen molar-refractivity contribution in [2.24, 2.45) is 0 Å². The topological polar surface area (TPSA) is 116 Å². The SMILES string of the molecule is CN/C(=C(/OCC(F)F)C(=N)C(F)(F)C(F)(F)F)n1cc(-c2ccc(Cl)c(C(=O)NC3(C#N)CC3)c2)cn1. The van der Waals surface area contributed by atoms with Gasteiger partial charge in [-0.15, -0.1) is 0 Å². The van der Waals surface area contributed by atoms with Crippen molar-refractivity contribution in [1.29, 1.82) is 10.7 Å². The average Bonchev–Trinajstić information content (AvgIpc) is 3.45. The molecule has 1 aliphatic carbocycles. The molecule has 1 heterocycles. The fraction of sp³-hybridized carbons (Fsp3) is 0.364. The number of benzene rings is 1. The average molecular weight is 567 g/mol. The van der Waals surface area contributed by atoms with E-state index in [1.54, 1.807) is 0 Å². The summed E-state index contributed by atoms with van der Waals surface area (Å²) < 4.78 is 97.1. The van der Waals surface area contributed by atoms with Crippen LogP contribution in [0.4, 0.5) is 30.7 Å². The van der Waals surface area contributed by atoms with Gasteiger partial charge in [-0.3, -0.25) is 10.2 Å². The standard InChI is InChI=1S/C22H18ClF7N6O2/c1-33-18(16(38-9-15(24)25)17(32)21(26,27)22(28,29)30)36-8-12(7-34-36)11-2-3-14(23)13(6-11)19(37)35-20(10-31)4-5-20/h2-3,6-8,15,32-33H,4-5,9H2,1H3,(H,35,37)/b18-16-,32-17?. The van der Waals surface area contributed by atoms with Crippen molar-refractivity contribution >= 4 is 29.0 Å². The molecule has 1 aliphatic rings. The normalized spacial score (nSPS) is 15.4. The third kappa shape index (κ3) is 5.85. The van der Waals surface area contributed by atoms with Gasteiger partial charge in [-0.2, -0.15) is 32.3 Å². The largest absolute Gasteiger partial charge is 0.482 e. The van der Waals surface area contributed by atoms with Crippen LogP contribution in [0.15, 0.2) is 36.4 Å². The quantitative estimate of drug-likeness (QED) is 0.216. The maximum absolute atomic E-state index is 13.9. The number of allylic oxidation sites excluding steroid dienone is 1. The Bertz CT molecular complexity index is 1310. The van der Waals surface area contributed by atoms with E-state index in [2.05, 4.69) is 20.5 Å². The maximum Gasteiger partial charge on any atom is 0.459 e. The number of halogens is 8. The number of hydrogen-bond acceptors (Lipinski definition) is 6. The fourth-order valence-electron chi connectivity index (χ4n) is 3.17. The number of rotatable bonds is 10. The second-order valence-electron chi connectivity index (χ2n) is 8.09. The first-order valence-corrected chi connectivity index (χ1v) is 11.0. The van der Waals surface area contributed by atoms with Gasteiger partial charge in [-0.25, -0.2) is 13.5 Å². The molecule has 8 nitrogen and oxygen atoms in total. The predicted molar refractivity (Wildman–Crippen MR) is 121 cm³/mol. The molecule has 204 valence electrons. The number of amides is 1. The second kappa shape index (κ2) is 10.5. The smallest absolute Gasteiger partial charge is 0.459 e. The minimum absolute atomic E-state index is 0.00428. The van der Waals surface area contributed by atoms with E-state index in [0.717, 1.165) is 19.4 Å². The highest BCUT2D eigenvalue weighted by molar-refractivity contribution is 6.34. The molecule has 1 amide bonds. The summed E-state index contributed by atoms with van der Waals surface area (Å²) in [6.07, 6.45) is -6.27. The number of nitrogens with one attached hydrogen (secondary N) is 3. The van der Waals surface area contributed by atoms with Crippen molar-refractivity contribution in [3.8, 4) is 17.2 Å². The zero-order valence-corrected chi connectivity index (χ0v) is 20.0. The van der Waals surface area contributed by atoms with Crippen molar-refractivity contribution in [2.75, 3.05) is 13.7 Å². The third-order valence-electron chi connectivity index (χ3n) is 5.38. The van der Waals surface area contributed by atoms with E-state index in [1.165, 1.54) is 18.2 Å².